The highest BCUT2D eigenvalue weighted by Gasteiger charge is 2.18. The lowest BCUT2D eigenvalue weighted by Crippen LogP contribution is -2.34. The van der Waals surface area contributed by atoms with Gasteiger partial charge in [-0.25, -0.2) is 0 Å². The number of halogens is 1. The predicted octanol–water partition coefficient (Wildman–Crippen LogP) is 3.31. The first-order valence-corrected chi connectivity index (χ1v) is 6.58. The van der Waals surface area contributed by atoms with Gasteiger partial charge in [0.15, 0.2) is 0 Å². The smallest absolute Gasteiger partial charge is 0.0975 e. The van der Waals surface area contributed by atoms with Crippen molar-refractivity contribution in [2.45, 2.75) is 32.4 Å². The molecule has 3 heteroatoms. The molecular formula is C14H19ClN2. The van der Waals surface area contributed by atoms with Crippen molar-refractivity contribution in [2.75, 3.05) is 13.1 Å². The molecule has 1 saturated heterocycles. The topological polar surface area (TPSA) is 15.6 Å². The second kappa shape index (κ2) is 6.18. The Hall–Kier alpha value is -0.860. The predicted molar refractivity (Wildman–Crippen MR) is 73.7 cm³/mol. The van der Waals surface area contributed by atoms with Crippen LogP contribution in [0.2, 0.25) is 0 Å². The van der Waals surface area contributed by atoms with Crippen molar-refractivity contribution in [3.8, 4) is 0 Å². The maximum atomic E-state index is 5.81. The maximum absolute atomic E-state index is 5.81. The molecule has 0 amide bonds. The molecule has 2 rings (SSSR count). The van der Waals surface area contributed by atoms with E-state index in [-0.39, 0.29) is 0 Å². The molecule has 0 unspecified atom stereocenters. The van der Waals surface area contributed by atoms with E-state index < -0.39 is 0 Å². The number of benzene rings is 1. The van der Waals surface area contributed by atoms with Crippen molar-refractivity contribution in [1.82, 2.24) is 4.90 Å². The molecule has 1 aromatic carbocycles. The van der Waals surface area contributed by atoms with Crippen molar-refractivity contribution in [2.24, 2.45) is 4.99 Å². The summed E-state index contributed by atoms with van der Waals surface area (Å²) in [6.45, 7) is 5.15. The largest absolute Gasteiger partial charge is 0.299 e. The van der Waals surface area contributed by atoms with E-state index in [1.165, 1.54) is 5.56 Å². The van der Waals surface area contributed by atoms with Gasteiger partial charge in [-0.2, -0.15) is 0 Å². The fourth-order valence-corrected chi connectivity index (χ4v) is 2.44. The van der Waals surface area contributed by atoms with E-state index in [1.807, 2.05) is 6.92 Å². The molecule has 92 valence electrons. The Labute approximate surface area is 108 Å². The number of likely N-dealkylation sites (tertiary alicyclic amines) is 1. The van der Waals surface area contributed by atoms with Crippen LogP contribution < -0.4 is 0 Å². The van der Waals surface area contributed by atoms with Crippen molar-refractivity contribution in [3.63, 3.8) is 0 Å². The standard InChI is InChI=1S/C14H19ClN2/c1-12(15)16-14-7-9-17(10-8-14)11-13-5-3-2-4-6-13/h2-6,14H,7-11H2,1H3. The Balaban J connectivity index is 1.82. The van der Waals surface area contributed by atoms with Gasteiger partial charge >= 0.3 is 0 Å². The monoisotopic (exact) mass is 250 g/mol. The number of hydrogen-bond donors (Lipinski definition) is 0. The third-order valence-electron chi connectivity index (χ3n) is 3.17. The Kier molecular flexibility index (Phi) is 4.57. The molecule has 0 atom stereocenters. The van der Waals surface area contributed by atoms with E-state index in [9.17, 15) is 0 Å². The van der Waals surface area contributed by atoms with Crippen molar-refractivity contribution in [3.05, 3.63) is 35.9 Å². The molecule has 0 saturated carbocycles. The van der Waals surface area contributed by atoms with Crippen LogP contribution in [0.1, 0.15) is 25.3 Å². The number of hydrogen-bond acceptors (Lipinski definition) is 2. The van der Waals surface area contributed by atoms with Crippen LogP contribution in [0.5, 0.6) is 0 Å². The van der Waals surface area contributed by atoms with Gasteiger partial charge in [0.2, 0.25) is 0 Å². The molecular weight excluding hydrogens is 232 g/mol. The van der Waals surface area contributed by atoms with E-state index in [4.69, 9.17) is 11.6 Å². The zero-order valence-corrected chi connectivity index (χ0v) is 11.0. The molecule has 1 aliphatic heterocycles. The average molecular weight is 251 g/mol. The summed E-state index contributed by atoms with van der Waals surface area (Å²) in [6, 6.07) is 11.1. The van der Waals surface area contributed by atoms with Crippen LogP contribution in [0.3, 0.4) is 0 Å². The van der Waals surface area contributed by atoms with Gasteiger partial charge in [-0.1, -0.05) is 41.9 Å². The molecule has 0 aromatic heterocycles. The zero-order valence-electron chi connectivity index (χ0n) is 10.3. The molecule has 0 spiro atoms. The van der Waals surface area contributed by atoms with Crippen molar-refractivity contribution in [1.29, 1.82) is 0 Å². The fraction of sp³-hybridized carbons (Fsp3) is 0.500. The number of aliphatic imine (C=N–C) groups is 1. The highest BCUT2D eigenvalue weighted by atomic mass is 35.5. The zero-order chi connectivity index (χ0) is 12.1. The minimum Gasteiger partial charge on any atom is -0.299 e. The van der Waals surface area contributed by atoms with Crippen molar-refractivity contribution >= 4 is 16.8 Å². The summed E-state index contributed by atoms with van der Waals surface area (Å²) in [6.07, 6.45) is 2.24. The third kappa shape index (κ3) is 4.14. The van der Waals surface area contributed by atoms with Gasteiger partial charge in [-0.05, 0) is 25.3 Å². The highest BCUT2D eigenvalue weighted by Crippen LogP contribution is 2.16. The van der Waals surface area contributed by atoms with Gasteiger partial charge in [0.25, 0.3) is 0 Å². The molecule has 0 N–H and O–H groups in total. The van der Waals surface area contributed by atoms with Crippen molar-refractivity contribution < 1.29 is 0 Å². The first-order chi connectivity index (χ1) is 8.24. The van der Waals surface area contributed by atoms with Gasteiger partial charge in [0.1, 0.15) is 0 Å². The second-order valence-corrected chi connectivity index (χ2v) is 5.17. The van der Waals surface area contributed by atoms with Crippen LogP contribution in [0, 0.1) is 0 Å². The van der Waals surface area contributed by atoms with Crippen LogP contribution in [0.25, 0.3) is 0 Å². The maximum Gasteiger partial charge on any atom is 0.0975 e. The summed E-state index contributed by atoms with van der Waals surface area (Å²) in [5, 5.41) is 0.687. The first kappa shape index (κ1) is 12.6. The fourth-order valence-electron chi connectivity index (χ4n) is 2.30. The second-order valence-electron chi connectivity index (χ2n) is 4.62. The van der Waals surface area contributed by atoms with Crippen LogP contribution >= 0.6 is 11.6 Å². The molecule has 1 heterocycles. The van der Waals surface area contributed by atoms with Gasteiger partial charge < -0.3 is 0 Å². The minimum atomic E-state index is 0.430. The van der Waals surface area contributed by atoms with E-state index in [1.54, 1.807) is 0 Å². The molecule has 0 radical (unpaired) electrons. The van der Waals surface area contributed by atoms with Crippen LogP contribution in [-0.4, -0.2) is 29.2 Å². The normalized spacial score (nSPS) is 19.5. The third-order valence-corrected chi connectivity index (χ3v) is 3.26. The molecule has 1 aliphatic rings. The van der Waals surface area contributed by atoms with E-state index in [0.29, 0.717) is 11.2 Å². The summed E-state index contributed by atoms with van der Waals surface area (Å²) in [5.74, 6) is 0. The van der Waals surface area contributed by atoms with E-state index in [2.05, 4.69) is 40.2 Å². The summed E-state index contributed by atoms with van der Waals surface area (Å²) >= 11 is 5.81. The van der Waals surface area contributed by atoms with E-state index >= 15 is 0 Å². The minimum absolute atomic E-state index is 0.430. The lowest BCUT2D eigenvalue weighted by Gasteiger charge is -2.30. The highest BCUT2D eigenvalue weighted by molar-refractivity contribution is 6.64. The summed E-state index contributed by atoms with van der Waals surface area (Å²) in [5.41, 5.74) is 1.39. The average Bonchev–Trinajstić information content (AvgIpc) is 2.32. The summed E-state index contributed by atoms with van der Waals surface area (Å²) in [7, 11) is 0. The Bertz CT molecular complexity index is 363. The van der Waals surface area contributed by atoms with Gasteiger partial charge in [0, 0.05) is 19.6 Å². The summed E-state index contributed by atoms with van der Waals surface area (Å²) in [4.78, 5) is 6.92. The Morgan fingerprint density at radius 3 is 2.53 bits per heavy atom. The molecule has 17 heavy (non-hydrogen) atoms. The van der Waals surface area contributed by atoms with Gasteiger partial charge in [-0.3, -0.25) is 9.89 Å². The Morgan fingerprint density at radius 1 is 1.29 bits per heavy atom. The molecule has 1 fully saturated rings. The first-order valence-electron chi connectivity index (χ1n) is 6.20. The molecule has 1 aromatic rings. The quantitative estimate of drug-likeness (QED) is 0.752. The lowest BCUT2D eigenvalue weighted by molar-refractivity contribution is 0.206. The SMILES string of the molecule is CC(Cl)=NC1CCN(Cc2ccccc2)CC1. The molecule has 0 bridgehead atoms. The number of nitrogens with zero attached hydrogens (tertiary/aromatic N) is 2. The van der Waals surface area contributed by atoms with Crippen LogP contribution in [-0.2, 0) is 6.54 Å². The molecule has 0 aliphatic carbocycles. The van der Waals surface area contributed by atoms with Crippen LogP contribution in [0.15, 0.2) is 35.3 Å². The van der Waals surface area contributed by atoms with E-state index in [0.717, 1.165) is 32.5 Å². The lowest BCUT2D eigenvalue weighted by atomic mass is 10.0. The number of rotatable bonds is 3. The summed E-state index contributed by atoms with van der Waals surface area (Å²) < 4.78 is 0. The van der Waals surface area contributed by atoms with Gasteiger partial charge in [-0.15, -0.1) is 0 Å². The van der Waals surface area contributed by atoms with Gasteiger partial charge in [0.05, 0.1) is 11.2 Å². The number of piperidine rings is 1. The Morgan fingerprint density at radius 2 is 1.94 bits per heavy atom. The molecule has 2 nitrogen and oxygen atoms in total. The van der Waals surface area contributed by atoms with Crippen LogP contribution in [0.4, 0.5) is 0 Å².